The molecule has 5 nitrogen and oxygen atoms in total. The maximum atomic E-state index is 12.6. The Hall–Kier alpha value is -1.66. The van der Waals surface area contributed by atoms with Crippen molar-refractivity contribution in [2.45, 2.75) is 31.7 Å². The molecule has 1 N–H and O–H groups in total. The molecule has 6 heteroatoms. The van der Waals surface area contributed by atoms with Gasteiger partial charge in [0.25, 0.3) is 5.91 Å². The summed E-state index contributed by atoms with van der Waals surface area (Å²) >= 11 is 1.72. The second-order valence-electron chi connectivity index (χ2n) is 5.82. The third-order valence-corrected chi connectivity index (χ3v) is 4.78. The molecule has 0 radical (unpaired) electrons. The number of hydrogen-bond donors (Lipinski definition) is 1. The molecular formula is C16H21N3O2S. The molecule has 1 saturated heterocycles. The highest BCUT2D eigenvalue weighted by atomic mass is 32.1. The third kappa shape index (κ3) is 3.39. The van der Waals surface area contributed by atoms with Gasteiger partial charge in [0.1, 0.15) is 0 Å². The second kappa shape index (κ2) is 6.62. The zero-order chi connectivity index (χ0) is 15.5. The standard InChI is InChI=1S/C16H21N3O2S/c1-11(8-13-4-3-7-22-13)17-16(20)14-9-19(2)18-15(14)12-5-6-21-10-12/h3-4,7,9,11-12H,5-6,8,10H2,1-2H3,(H,17,20)/t11-,12+/m1/s1. The molecule has 3 heterocycles. The molecule has 0 aromatic carbocycles. The van der Waals surface area contributed by atoms with Crippen LogP contribution in [0.1, 0.15) is 40.2 Å². The summed E-state index contributed by atoms with van der Waals surface area (Å²) in [6, 6.07) is 4.23. The number of carbonyl (C=O) groups is 1. The highest BCUT2D eigenvalue weighted by Crippen LogP contribution is 2.26. The monoisotopic (exact) mass is 319 g/mol. The smallest absolute Gasteiger partial charge is 0.254 e. The van der Waals surface area contributed by atoms with E-state index in [2.05, 4.69) is 21.9 Å². The van der Waals surface area contributed by atoms with Gasteiger partial charge in [-0.2, -0.15) is 5.10 Å². The van der Waals surface area contributed by atoms with Crippen LogP contribution in [0.5, 0.6) is 0 Å². The summed E-state index contributed by atoms with van der Waals surface area (Å²) in [5.41, 5.74) is 1.54. The fraction of sp³-hybridized carbons (Fsp3) is 0.500. The number of rotatable bonds is 5. The molecule has 2 aromatic heterocycles. The van der Waals surface area contributed by atoms with Gasteiger partial charge in [-0.3, -0.25) is 9.48 Å². The Kier molecular flexibility index (Phi) is 4.59. The molecule has 0 unspecified atom stereocenters. The van der Waals surface area contributed by atoms with Gasteiger partial charge in [0, 0.05) is 43.1 Å². The van der Waals surface area contributed by atoms with Crippen molar-refractivity contribution < 1.29 is 9.53 Å². The highest BCUT2D eigenvalue weighted by Gasteiger charge is 2.27. The molecule has 2 atom stereocenters. The molecule has 118 valence electrons. The Labute approximate surface area is 134 Å². The number of hydrogen-bond acceptors (Lipinski definition) is 4. The summed E-state index contributed by atoms with van der Waals surface area (Å²) in [4.78, 5) is 13.9. The quantitative estimate of drug-likeness (QED) is 0.920. The zero-order valence-electron chi connectivity index (χ0n) is 12.9. The molecule has 0 saturated carbocycles. The van der Waals surface area contributed by atoms with Crippen molar-refractivity contribution in [3.8, 4) is 0 Å². The van der Waals surface area contributed by atoms with Crippen LogP contribution in [-0.2, 0) is 18.2 Å². The maximum absolute atomic E-state index is 12.6. The number of thiophene rings is 1. The Morgan fingerprint density at radius 2 is 2.50 bits per heavy atom. The zero-order valence-corrected chi connectivity index (χ0v) is 13.7. The van der Waals surface area contributed by atoms with Crippen molar-refractivity contribution in [3.63, 3.8) is 0 Å². The number of aromatic nitrogens is 2. The number of ether oxygens (including phenoxy) is 1. The van der Waals surface area contributed by atoms with E-state index in [1.165, 1.54) is 4.88 Å². The first-order valence-corrected chi connectivity index (χ1v) is 8.46. The van der Waals surface area contributed by atoms with Crippen LogP contribution in [0.25, 0.3) is 0 Å². The number of carbonyl (C=O) groups excluding carboxylic acids is 1. The van der Waals surface area contributed by atoms with Gasteiger partial charge in [-0.05, 0) is 24.8 Å². The van der Waals surface area contributed by atoms with E-state index in [4.69, 9.17) is 4.74 Å². The van der Waals surface area contributed by atoms with E-state index in [1.807, 2.05) is 20.0 Å². The Morgan fingerprint density at radius 1 is 1.64 bits per heavy atom. The highest BCUT2D eigenvalue weighted by molar-refractivity contribution is 7.09. The summed E-state index contributed by atoms with van der Waals surface area (Å²) in [5, 5.41) is 9.62. The van der Waals surface area contributed by atoms with Crippen molar-refractivity contribution in [2.24, 2.45) is 7.05 Å². The molecular weight excluding hydrogens is 298 g/mol. The molecule has 0 bridgehead atoms. The number of nitrogens with one attached hydrogen (secondary N) is 1. The van der Waals surface area contributed by atoms with Crippen molar-refractivity contribution in [1.29, 1.82) is 0 Å². The van der Waals surface area contributed by atoms with E-state index in [9.17, 15) is 4.79 Å². The summed E-state index contributed by atoms with van der Waals surface area (Å²) in [6.07, 6.45) is 3.59. The SMILES string of the molecule is C[C@H](Cc1cccs1)NC(=O)c1cn(C)nc1[C@H]1CCOC1. The minimum Gasteiger partial charge on any atom is -0.381 e. The van der Waals surface area contributed by atoms with Gasteiger partial charge in [-0.1, -0.05) is 6.07 Å². The lowest BCUT2D eigenvalue weighted by atomic mass is 10.0. The van der Waals surface area contributed by atoms with E-state index in [1.54, 1.807) is 22.2 Å². The first kappa shape index (κ1) is 15.2. The van der Waals surface area contributed by atoms with Crippen LogP contribution in [0.15, 0.2) is 23.7 Å². The minimum absolute atomic E-state index is 0.0425. The number of amides is 1. The van der Waals surface area contributed by atoms with Crippen LogP contribution in [-0.4, -0.2) is 34.9 Å². The molecule has 2 aromatic rings. The second-order valence-corrected chi connectivity index (χ2v) is 6.85. The van der Waals surface area contributed by atoms with Crippen molar-refractivity contribution in [3.05, 3.63) is 39.8 Å². The summed E-state index contributed by atoms with van der Waals surface area (Å²) < 4.78 is 7.14. The largest absolute Gasteiger partial charge is 0.381 e. The van der Waals surface area contributed by atoms with Gasteiger partial charge in [0.15, 0.2) is 0 Å². The van der Waals surface area contributed by atoms with Gasteiger partial charge in [-0.15, -0.1) is 11.3 Å². The lowest BCUT2D eigenvalue weighted by molar-refractivity contribution is 0.0938. The minimum atomic E-state index is -0.0425. The van der Waals surface area contributed by atoms with Gasteiger partial charge in [0.05, 0.1) is 17.9 Å². The van der Waals surface area contributed by atoms with Crippen molar-refractivity contribution in [2.75, 3.05) is 13.2 Å². The lowest BCUT2D eigenvalue weighted by Crippen LogP contribution is -2.34. The molecule has 22 heavy (non-hydrogen) atoms. The maximum Gasteiger partial charge on any atom is 0.254 e. The van der Waals surface area contributed by atoms with E-state index in [-0.39, 0.29) is 17.9 Å². The van der Waals surface area contributed by atoms with Crippen LogP contribution in [0.4, 0.5) is 0 Å². The van der Waals surface area contributed by atoms with Gasteiger partial charge >= 0.3 is 0 Å². The Balaban J connectivity index is 1.69. The average Bonchev–Trinajstić information content (AvgIpc) is 3.17. The van der Waals surface area contributed by atoms with Crippen molar-refractivity contribution in [1.82, 2.24) is 15.1 Å². The van der Waals surface area contributed by atoms with E-state index < -0.39 is 0 Å². The fourth-order valence-electron chi connectivity index (χ4n) is 2.82. The molecule has 1 amide bonds. The molecule has 0 spiro atoms. The first-order chi connectivity index (χ1) is 10.6. The molecule has 0 aliphatic carbocycles. The third-order valence-electron chi connectivity index (χ3n) is 3.88. The van der Waals surface area contributed by atoms with Gasteiger partial charge in [-0.25, -0.2) is 0 Å². The van der Waals surface area contributed by atoms with Crippen LogP contribution in [0.3, 0.4) is 0 Å². The topological polar surface area (TPSA) is 56.2 Å². The molecule has 1 aliphatic rings. The van der Waals surface area contributed by atoms with Crippen LogP contribution < -0.4 is 5.32 Å². The van der Waals surface area contributed by atoms with E-state index >= 15 is 0 Å². The van der Waals surface area contributed by atoms with Gasteiger partial charge in [0.2, 0.25) is 0 Å². The van der Waals surface area contributed by atoms with Gasteiger partial charge < -0.3 is 10.1 Å². The lowest BCUT2D eigenvalue weighted by Gasteiger charge is -2.14. The molecule has 1 fully saturated rings. The van der Waals surface area contributed by atoms with E-state index in [0.29, 0.717) is 12.2 Å². The Bertz CT molecular complexity index is 630. The fourth-order valence-corrected chi connectivity index (χ4v) is 3.65. The molecule has 3 rings (SSSR count). The molecule has 1 aliphatic heterocycles. The van der Waals surface area contributed by atoms with Crippen LogP contribution >= 0.6 is 11.3 Å². The van der Waals surface area contributed by atoms with Crippen LogP contribution in [0.2, 0.25) is 0 Å². The summed E-state index contributed by atoms with van der Waals surface area (Å²) in [5.74, 6) is 0.189. The number of aryl methyl sites for hydroxylation is 1. The van der Waals surface area contributed by atoms with Crippen LogP contribution in [0, 0.1) is 0 Å². The predicted molar refractivity (Wildman–Crippen MR) is 86.3 cm³/mol. The Morgan fingerprint density at radius 3 is 3.18 bits per heavy atom. The van der Waals surface area contributed by atoms with E-state index in [0.717, 1.165) is 25.1 Å². The number of nitrogens with zero attached hydrogens (tertiary/aromatic N) is 2. The average molecular weight is 319 g/mol. The normalized spacial score (nSPS) is 19.3. The summed E-state index contributed by atoms with van der Waals surface area (Å²) in [6.45, 7) is 3.44. The predicted octanol–water partition coefficient (Wildman–Crippen LogP) is 2.35. The van der Waals surface area contributed by atoms with Crippen molar-refractivity contribution >= 4 is 17.2 Å². The first-order valence-electron chi connectivity index (χ1n) is 7.58. The summed E-state index contributed by atoms with van der Waals surface area (Å²) in [7, 11) is 1.85.